The molecule has 0 saturated heterocycles. The first-order valence-corrected chi connectivity index (χ1v) is 1.29. The number of hydrogen-bond donors (Lipinski definition) is 0. The molecule has 0 heterocycles. The van der Waals surface area contributed by atoms with Gasteiger partial charge in [0.15, 0.2) is 0 Å². The van der Waals surface area contributed by atoms with Crippen molar-refractivity contribution < 1.29 is 9.53 Å². The molecule has 0 aliphatic heterocycles. The van der Waals surface area contributed by atoms with Gasteiger partial charge in [0.1, 0.15) is 0 Å². The van der Waals surface area contributed by atoms with Gasteiger partial charge < -0.3 is 4.74 Å². The number of thiocarbonyl (C=S) groups is 1. The maximum atomic E-state index is 9.05. The molecule has 0 N–H and O–H groups in total. The highest BCUT2D eigenvalue weighted by atomic mass is 32.1. The molecule has 0 saturated carbocycles. The van der Waals surface area contributed by atoms with E-state index in [2.05, 4.69) is 17.0 Å². The van der Waals surface area contributed by atoms with Crippen LogP contribution in [0.5, 0.6) is 0 Å². The maximum absolute atomic E-state index is 9.05. The molecule has 0 aromatic heterocycles. The van der Waals surface area contributed by atoms with E-state index < -0.39 is 0 Å². The van der Waals surface area contributed by atoms with Gasteiger partial charge in [-0.3, -0.25) is 4.79 Å². The summed E-state index contributed by atoms with van der Waals surface area (Å²) in [5.41, 5.74) is 1.73. The quantitative estimate of drug-likeness (QED) is 0.351. The second kappa shape index (κ2) is 3.56. The summed E-state index contributed by atoms with van der Waals surface area (Å²) in [6, 6.07) is 0. The van der Waals surface area contributed by atoms with Crippen molar-refractivity contribution in [1.29, 1.82) is 0 Å². The second-order valence-corrected chi connectivity index (χ2v) is 0.464. The van der Waals surface area contributed by atoms with Crippen LogP contribution in [0.4, 0.5) is 0 Å². The third-order valence-corrected chi connectivity index (χ3v) is 0.192. The SMILES string of the molecule is O=CO[C]=S. The smallest absolute Gasteiger partial charge is 0.299 e. The Kier molecular flexibility index (Phi) is 3.25. The van der Waals surface area contributed by atoms with Crippen LogP contribution in [0.3, 0.4) is 0 Å². The highest BCUT2D eigenvalue weighted by Crippen LogP contribution is 1.48. The summed E-state index contributed by atoms with van der Waals surface area (Å²) in [6.07, 6.45) is 0. The summed E-state index contributed by atoms with van der Waals surface area (Å²) in [5.74, 6) is 0. The molecule has 0 rings (SSSR count). The number of carbonyl (C=O) groups is 1. The van der Waals surface area contributed by atoms with Gasteiger partial charge >= 0.3 is 0 Å². The Bertz CT molecular complexity index is 36.9. The van der Waals surface area contributed by atoms with Crippen molar-refractivity contribution in [1.82, 2.24) is 0 Å². The Morgan fingerprint density at radius 3 is 2.60 bits per heavy atom. The topological polar surface area (TPSA) is 26.3 Å². The van der Waals surface area contributed by atoms with E-state index in [1.807, 2.05) is 0 Å². The summed E-state index contributed by atoms with van der Waals surface area (Å²) in [6.45, 7) is 0.215. The van der Waals surface area contributed by atoms with Crippen LogP contribution in [-0.2, 0) is 9.53 Å². The lowest BCUT2D eigenvalue weighted by Gasteiger charge is -1.66. The van der Waals surface area contributed by atoms with Crippen molar-refractivity contribution in [3.63, 3.8) is 0 Å². The molecule has 0 amide bonds. The lowest BCUT2D eigenvalue weighted by Crippen LogP contribution is -1.74. The second-order valence-electron chi connectivity index (χ2n) is 0.297. The minimum atomic E-state index is 0.215. The van der Waals surface area contributed by atoms with Crippen LogP contribution >= 0.6 is 12.2 Å². The normalized spacial score (nSPS) is 5.60. The van der Waals surface area contributed by atoms with Gasteiger partial charge in [-0.2, -0.15) is 0 Å². The van der Waals surface area contributed by atoms with Crippen LogP contribution < -0.4 is 0 Å². The molecule has 0 aliphatic rings. The average Bonchev–Trinajstić information content (AvgIpc) is 1.41. The van der Waals surface area contributed by atoms with E-state index in [1.165, 1.54) is 0 Å². The Morgan fingerprint density at radius 2 is 2.60 bits per heavy atom. The Morgan fingerprint density at radius 1 is 2.00 bits per heavy atom. The Labute approximate surface area is 34.7 Å². The minimum absolute atomic E-state index is 0.215. The molecular weight excluding hydrogens is 88.1 g/mol. The minimum Gasteiger partial charge on any atom is -0.412 e. The zero-order valence-corrected chi connectivity index (χ0v) is 3.12. The fourth-order valence-corrected chi connectivity index (χ4v) is 0.0589. The first-order chi connectivity index (χ1) is 2.41. The van der Waals surface area contributed by atoms with Gasteiger partial charge in [-0.15, -0.1) is 0 Å². The molecular formula is C2HO2S. The van der Waals surface area contributed by atoms with Crippen LogP contribution in [-0.4, -0.2) is 12.0 Å². The molecule has 5 heavy (non-hydrogen) atoms. The van der Waals surface area contributed by atoms with Gasteiger partial charge in [-0.05, 0) is 12.2 Å². The summed E-state index contributed by atoms with van der Waals surface area (Å²) >= 11 is 3.95. The largest absolute Gasteiger partial charge is 0.412 e. The maximum Gasteiger partial charge on any atom is 0.299 e. The molecule has 0 bridgehead atoms. The van der Waals surface area contributed by atoms with Crippen LogP contribution in [0.15, 0.2) is 0 Å². The third kappa shape index (κ3) is 3.56. The Balaban J connectivity index is 2.65. The summed E-state index contributed by atoms with van der Waals surface area (Å²) in [7, 11) is 0. The molecule has 0 fully saturated rings. The summed E-state index contributed by atoms with van der Waals surface area (Å²) < 4.78 is 3.72. The third-order valence-electron chi connectivity index (χ3n) is 0.0962. The van der Waals surface area contributed by atoms with Crippen molar-refractivity contribution in [2.24, 2.45) is 0 Å². The molecule has 0 unspecified atom stereocenters. The van der Waals surface area contributed by atoms with Crippen LogP contribution in [0, 0.1) is 0 Å². The van der Waals surface area contributed by atoms with Crippen molar-refractivity contribution in [3.8, 4) is 0 Å². The number of hydrogen-bond acceptors (Lipinski definition) is 3. The van der Waals surface area contributed by atoms with E-state index >= 15 is 0 Å². The predicted molar refractivity (Wildman–Crippen MR) is 19.7 cm³/mol. The van der Waals surface area contributed by atoms with Crippen LogP contribution in [0.25, 0.3) is 0 Å². The van der Waals surface area contributed by atoms with E-state index in [-0.39, 0.29) is 6.47 Å². The molecule has 0 atom stereocenters. The van der Waals surface area contributed by atoms with E-state index in [4.69, 9.17) is 4.79 Å². The van der Waals surface area contributed by atoms with Crippen molar-refractivity contribution in [2.75, 3.05) is 0 Å². The van der Waals surface area contributed by atoms with Crippen molar-refractivity contribution in [3.05, 3.63) is 0 Å². The van der Waals surface area contributed by atoms with Gasteiger partial charge in [0, 0.05) is 0 Å². The number of carbonyl (C=O) groups excluding carboxylic acids is 1. The highest BCUT2D eigenvalue weighted by molar-refractivity contribution is 7.78. The van der Waals surface area contributed by atoms with Gasteiger partial charge in [-0.25, -0.2) is 0 Å². The first-order valence-electron chi connectivity index (χ1n) is 0.880. The van der Waals surface area contributed by atoms with Gasteiger partial charge in [0.2, 0.25) is 5.55 Å². The van der Waals surface area contributed by atoms with Crippen LogP contribution in [0.2, 0.25) is 0 Å². The molecule has 1 radical (unpaired) electrons. The highest BCUT2D eigenvalue weighted by Gasteiger charge is 1.57. The van der Waals surface area contributed by atoms with Crippen molar-refractivity contribution in [2.45, 2.75) is 0 Å². The lowest BCUT2D eigenvalue weighted by atomic mass is 11.5. The number of rotatable bonds is 2. The Hall–Kier alpha value is -0.440. The molecule has 0 spiro atoms. The predicted octanol–water partition coefficient (Wildman–Crippen LogP) is -0.00640. The molecule has 0 aromatic rings. The van der Waals surface area contributed by atoms with E-state index in [9.17, 15) is 0 Å². The summed E-state index contributed by atoms with van der Waals surface area (Å²) in [5, 5.41) is 0. The lowest BCUT2D eigenvalue weighted by molar-refractivity contribution is -0.121. The molecule has 0 aliphatic carbocycles. The summed E-state index contributed by atoms with van der Waals surface area (Å²) in [4.78, 5) is 9.05. The molecule has 2 nitrogen and oxygen atoms in total. The fourth-order valence-electron chi connectivity index (χ4n) is 0.0196. The standard InChI is InChI=1S/C2HO2S/c3-1-4-2-5/h1H. The molecule has 0 aromatic carbocycles. The zero-order chi connectivity index (χ0) is 4.12. The zero-order valence-electron chi connectivity index (χ0n) is 2.30. The monoisotopic (exact) mass is 89.0 g/mol. The first kappa shape index (κ1) is 4.56. The van der Waals surface area contributed by atoms with Gasteiger partial charge in [0.05, 0.1) is 0 Å². The average molecular weight is 89.1 g/mol. The molecule has 3 heteroatoms. The number of ether oxygens (including phenoxy) is 1. The van der Waals surface area contributed by atoms with Crippen LogP contribution in [0.1, 0.15) is 0 Å². The van der Waals surface area contributed by atoms with E-state index in [0.717, 1.165) is 0 Å². The fraction of sp³-hybridized carbons (Fsp3) is 0. The van der Waals surface area contributed by atoms with Gasteiger partial charge in [0.25, 0.3) is 6.47 Å². The van der Waals surface area contributed by atoms with E-state index in [1.54, 1.807) is 5.55 Å². The molecule has 27 valence electrons. The van der Waals surface area contributed by atoms with Gasteiger partial charge in [-0.1, -0.05) is 0 Å². The van der Waals surface area contributed by atoms with E-state index in [0.29, 0.717) is 0 Å². The van der Waals surface area contributed by atoms with Crippen molar-refractivity contribution >= 4 is 24.2 Å².